The van der Waals surface area contributed by atoms with Gasteiger partial charge in [-0.15, -0.1) is 0 Å². The molecule has 0 bridgehead atoms. The van der Waals surface area contributed by atoms with Gasteiger partial charge in [0.2, 0.25) is 5.91 Å². The van der Waals surface area contributed by atoms with Gasteiger partial charge in [-0.25, -0.2) is 0 Å². The van der Waals surface area contributed by atoms with Crippen LogP contribution in [-0.2, 0) is 4.79 Å². The van der Waals surface area contributed by atoms with E-state index in [-0.39, 0.29) is 18.0 Å². The van der Waals surface area contributed by atoms with Crippen LogP contribution in [0.1, 0.15) is 57.8 Å². The van der Waals surface area contributed by atoms with Crippen LogP contribution in [0.5, 0.6) is 0 Å². The number of carbonyl (C=O) groups is 1. The molecule has 2 fully saturated rings. The van der Waals surface area contributed by atoms with E-state index in [0.717, 1.165) is 50.9 Å². The summed E-state index contributed by atoms with van der Waals surface area (Å²) in [6.45, 7) is 9.25. The summed E-state index contributed by atoms with van der Waals surface area (Å²) in [5.74, 6) is 2.04. The first-order valence-corrected chi connectivity index (χ1v) is 10.8. The van der Waals surface area contributed by atoms with Gasteiger partial charge in [-0.05, 0) is 51.4 Å². The molecule has 156 valence electrons. The Balaban J connectivity index is 1.63. The number of hydrogen-bond acceptors (Lipinski definition) is 4. The molecule has 7 nitrogen and oxygen atoms in total. The summed E-state index contributed by atoms with van der Waals surface area (Å²) >= 11 is 0. The molecule has 3 heterocycles. The smallest absolute Gasteiger partial charge is 0.222 e. The minimum Gasteiger partial charge on any atom is -0.468 e. The highest BCUT2D eigenvalue weighted by atomic mass is 16.3. The number of hydrogen-bond donors (Lipinski definition) is 2. The predicted molar refractivity (Wildman–Crippen MR) is 111 cm³/mol. The van der Waals surface area contributed by atoms with E-state index in [1.54, 1.807) is 6.26 Å². The molecule has 2 aliphatic rings. The van der Waals surface area contributed by atoms with Crippen LogP contribution in [0.4, 0.5) is 0 Å². The van der Waals surface area contributed by atoms with Crippen molar-refractivity contribution in [3.8, 4) is 0 Å². The average molecular weight is 390 g/mol. The van der Waals surface area contributed by atoms with Crippen LogP contribution >= 0.6 is 0 Å². The highest BCUT2D eigenvalue weighted by molar-refractivity contribution is 5.80. The summed E-state index contributed by atoms with van der Waals surface area (Å²) in [7, 11) is 0. The third-order valence-corrected chi connectivity index (χ3v) is 5.65. The molecular formula is C21H35N5O2. The maximum absolute atomic E-state index is 11.9. The molecule has 1 amide bonds. The maximum Gasteiger partial charge on any atom is 0.222 e. The van der Waals surface area contributed by atoms with Crippen molar-refractivity contribution in [3.63, 3.8) is 0 Å². The largest absolute Gasteiger partial charge is 0.468 e. The number of rotatable bonds is 7. The van der Waals surface area contributed by atoms with Crippen molar-refractivity contribution >= 4 is 11.9 Å². The number of amides is 1. The second-order valence-electron chi connectivity index (χ2n) is 7.67. The van der Waals surface area contributed by atoms with Crippen molar-refractivity contribution < 1.29 is 9.21 Å². The van der Waals surface area contributed by atoms with Crippen LogP contribution in [0, 0.1) is 0 Å². The van der Waals surface area contributed by atoms with Gasteiger partial charge in [0.1, 0.15) is 5.76 Å². The molecule has 7 heteroatoms. The molecular weight excluding hydrogens is 354 g/mol. The SMILES string of the molecule is CCNC(=NCC(c1ccco1)N1CCCCC1)NC1CCN(C(=O)CC)C1. The highest BCUT2D eigenvalue weighted by Crippen LogP contribution is 2.25. The van der Waals surface area contributed by atoms with Gasteiger partial charge in [0, 0.05) is 32.1 Å². The summed E-state index contributed by atoms with van der Waals surface area (Å²) < 4.78 is 5.73. The van der Waals surface area contributed by atoms with Gasteiger partial charge in [-0.1, -0.05) is 13.3 Å². The molecule has 0 radical (unpaired) electrons. The van der Waals surface area contributed by atoms with E-state index in [9.17, 15) is 4.79 Å². The van der Waals surface area contributed by atoms with E-state index in [2.05, 4.69) is 28.5 Å². The van der Waals surface area contributed by atoms with Gasteiger partial charge in [0.15, 0.2) is 5.96 Å². The molecule has 2 N–H and O–H groups in total. The lowest BCUT2D eigenvalue weighted by Crippen LogP contribution is -2.45. The number of likely N-dealkylation sites (tertiary alicyclic amines) is 2. The summed E-state index contributed by atoms with van der Waals surface area (Å²) in [6.07, 6.45) is 7.07. The minimum absolute atomic E-state index is 0.174. The molecule has 0 aromatic carbocycles. The van der Waals surface area contributed by atoms with Crippen molar-refractivity contribution in [3.05, 3.63) is 24.2 Å². The van der Waals surface area contributed by atoms with Crippen molar-refractivity contribution in [1.29, 1.82) is 0 Å². The summed E-state index contributed by atoms with van der Waals surface area (Å²) in [4.78, 5) is 21.3. The zero-order chi connectivity index (χ0) is 19.8. The molecule has 1 aromatic heterocycles. The number of furan rings is 1. The first kappa shape index (κ1) is 20.7. The quantitative estimate of drug-likeness (QED) is 0.553. The van der Waals surface area contributed by atoms with Crippen LogP contribution in [0.25, 0.3) is 0 Å². The lowest BCUT2D eigenvalue weighted by Gasteiger charge is -2.32. The van der Waals surface area contributed by atoms with Crippen LogP contribution in [0.2, 0.25) is 0 Å². The van der Waals surface area contributed by atoms with Gasteiger partial charge >= 0.3 is 0 Å². The molecule has 0 saturated carbocycles. The molecule has 0 spiro atoms. The van der Waals surface area contributed by atoms with E-state index < -0.39 is 0 Å². The Bertz CT molecular complexity index is 625. The van der Waals surface area contributed by atoms with E-state index in [1.807, 2.05) is 17.9 Å². The van der Waals surface area contributed by atoms with Crippen molar-refractivity contribution in [1.82, 2.24) is 20.4 Å². The van der Waals surface area contributed by atoms with Gasteiger partial charge in [-0.2, -0.15) is 0 Å². The number of nitrogens with one attached hydrogen (secondary N) is 2. The molecule has 2 atom stereocenters. The number of piperidine rings is 1. The fourth-order valence-electron chi connectivity index (χ4n) is 4.12. The van der Waals surface area contributed by atoms with Gasteiger partial charge in [0.25, 0.3) is 0 Å². The van der Waals surface area contributed by atoms with Gasteiger partial charge in [-0.3, -0.25) is 14.7 Å². The minimum atomic E-state index is 0.174. The second kappa shape index (κ2) is 10.5. The Morgan fingerprint density at radius 2 is 2.11 bits per heavy atom. The van der Waals surface area contributed by atoms with Crippen LogP contribution in [0.15, 0.2) is 27.8 Å². The molecule has 28 heavy (non-hydrogen) atoms. The highest BCUT2D eigenvalue weighted by Gasteiger charge is 2.27. The fraction of sp³-hybridized carbons (Fsp3) is 0.714. The van der Waals surface area contributed by atoms with Gasteiger partial charge < -0.3 is 20.0 Å². The molecule has 2 unspecified atom stereocenters. The fourth-order valence-corrected chi connectivity index (χ4v) is 4.12. The summed E-state index contributed by atoms with van der Waals surface area (Å²) in [5.41, 5.74) is 0. The number of carbonyl (C=O) groups excluding carboxylic acids is 1. The molecule has 0 aliphatic carbocycles. The van der Waals surface area contributed by atoms with Crippen molar-refractivity contribution in [2.75, 3.05) is 39.3 Å². The third-order valence-electron chi connectivity index (χ3n) is 5.65. The average Bonchev–Trinajstić information content (AvgIpc) is 3.41. The second-order valence-corrected chi connectivity index (χ2v) is 7.67. The van der Waals surface area contributed by atoms with E-state index in [1.165, 1.54) is 19.3 Å². The first-order chi connectivity index (χ1) is 13.7. The van der Waals surface area contributed by atoms with Gasteiger partial charge in [0.05, 0.1) is 18.8 Å². The molecule has 2 saturated heterocycles. The van der Waals surface area contributed by atoms with Crippen LogP contribution in [0.3, 0.4) is 0 Å². The number of aliphatic imine (C=N–C) groups is 1. The van der Waals surface area contributed by atoms with Crippen LogP contribution in [-0.4, -0.2) is 67.0 Å². The predicted octanol–water partition coefficient (Wildman–Crippen LogP) is 2.37. The van der Waals surface area contributed by atoms with E-state index >= 15 is 0 Å². The lowest BCUT2D eigenvalue weighted by atomic mass is 10.1. The van der Waals surface area contributed by atoms with Crippen molar-refractivity contribution in [2.24, 2.45) is 4.99 Å². The first-order valence-electron chi connectivity index (χ1n) is 10.8. The number of nitrogens with zero attached hydrogens (tertiary/aromatic N) is 3. The molecule has 1 aromatic rings. The standard InChI is InChI=1S/C21H35N5O2/c1-3-20(27)26-13-10-17(16-26)24-21(22-4-2)23-15-18(19-9-8-14-28-19)25-11-6-5-7-12-25/h8-9,14,17-18H,3-7,10-13,15-16H2,1-2H3,(H2,22,23,24). The van der Waals surface area contributed by atoms with E-state index in [0.29, 0.717) is 13.0 Å². The normalized spacial score (nSPS) is 22.3. The topological polar surface area (TPSA) is 73.1 Å². The zero-order valence-corrected chi connectivity index (χ0v) is 17.3. The summed E-state index contributed by atoms with van der Waals surface area (Å²) in [6, 6.07) is 4.44. The van der Waals surface area contributed by atoms with E-state index in [4.69, 9.17) is 9.41 Å². The molecule has 3 rings (SSSR count). The Hall–Kier alpha value is -2.02. The van der Waals surface area contributed by atoms with Crippen LogP contribution < -0.4 is 10.6 Å². The Kier molecular flexibility index (Phi) is 7.77. The summed E-state index contributed by atoms with van der Waals surface area (Å²) in [5, 5.41) is 6.88. The third kappa shape index (κ3) is 5.50. The zero-order valence-electron chi connectivity index (χ0n) is 17.3. The maximum atomic E-state index is 11.9. The number of guanidine groups is 1. The Morgan fingerprint density at radius 1 is 1.29 bits per heavy atom. The Labute approximate surface area is 168 Å². The lowest BCUT2D eigenvalue weighted by molar-refractivity contribution is -0.129. The monoisotopic (exact) mass is 389 g/mol. The Morgan fingerprint density at radius 3 is 2.79 bits per heavy atom. The molecule has 2 aliphatic heterocycles. The van der Waals surface area contributed by atoms with Crippen molar-refractivity contribution in [2.45, 2.75) is 58.0 Å².